The smallest absolute Gasteiger partial charge is 0.317 e. The first-order chi connectivity index (χ1) is 15.8. The molecule has 2 aromatic carbocycles. The van der Waals surface area contributed by atoms with Gasteiger partial charge in [-0.1, -0.05) is 49.7 Å². The highest BCUT2D eigenvalue weighted by atomic mass is 35.5. The normalized spacial score (nSPS) is 12.8. The van der Waals surface area contributed by atoms with Crippen molar-refractivity contribution in [1.29, 1.82) is 5.26 Å². The molecule has 0 aliphatic rings. The second-order valence-electron chi connectivity index (χ2n) is 8.12. The molecule has 0 saturated heterocycles. The Hall–Kier alpha value is -3.02. The molecular weight excluding hydrogens is 485 g/mol. The summed E-state index contributed by atoms with van der Waals surface area (Å²) in [6.07, 6.45) is -3.40. The molecule has 178 valence electrons. The molecule has 0 atom stereocenters. The highest BCUT2D eigenvalue weighted by molar-refractivity contribution is 7.95. The van der Waals surface area contributed by atoms with Gasteiger partial charge in [-0.15, -0.1) is 0 Å². The molecule has 0 amide bonds. The minimum Gasteiger partial charge on any atom is -0.317 e. The van der Waals surface area contributed by atoms with Gasteiger partial charge in [0.2, 0.25) is 9.84 Å². The molecule has 0 saturated carbocycles. The first-order valence-electron chi connectivity index (χ1n) is 10.3. The van der Waals surface area contributed by atoms with Gasteiger partial charge < -0.3 is 4.57 Å². The number of aryl methyl sites for hydroxylation is 1. The van der Waals surface area contributed by atoms with Crippen molar-refractivity contribution < 1.29 is 21.6 Å². The van der Waals surface area contributed by atoms with Crippen LogP contribution in [0.1, 0.15) is 47.8 Å². The average molecular weight is 507 g/mol. The summed E-state index contributed by atoms with van der Waals surface area (Å²) in [5, 5.41) is 9.70. The summed E-state index contributed by atoms with van der Waals surface area (Å²) in [5.74, 6) is -0.185. The number of alkyl halides is 3. The second-order valence-corrected chi connectivity index (χ2v) is 10.4. The second kappa shape index (κ2) is 9.32. The maximum absolute atomic E-state index is 13.7. The molecule has 3 rings (SSSR count). The molecule has 34 heavy (non-hydrogen) atoms. The molecule has 0 fully saturated rings. The number of hydrogen-bond donors (Lipinski definition) is 0. The predicted molar refractivity (Wildman–Crippen MR) is 127 cm³/mol. The number of halogens is 4. The Bertz CT molecular complexity index is 1410. The van der Waals surface area contributed by atoms with E-state index in [-0.39, 0.29) is 21.5 Å². The van der Waals surface area contributed by atoms with E-state index in [1.807, 2.05) is 13.8 Å². The monoisotopic (exact) mass is 506 g/mol. The Kier molecular flexibility index (Phi) is 7.02. The van der Waals surface area contributed by atoms with Gasteiger partial charge in [0, 0.05) is 11.4 Å². The summed E-state index contributed by atoms with van der Waals surface area (Å²) < 4.78 is 69.2. The fraction of sp³-hybridized carbons (Fsp3) is 0.240. The Labute approximate surface area is 201 Å². The number of nitrogens with zero attached hydrogens (tertiary/aromatic N) is 2. The fourth-order valence-corrected chi connectivity index (χ4v) is 5.79. The highest BCUT2D eigenvalue weighted by Gasteiger charge is 2.35. The predicted octanol–water partition coefficient (Wildman–Crippen LogP) is 7.23. The van der Waals surface area contributed by atoms with Crippen molar-refractivity contribution >= 4 is 27.5 Å². The van der Waals surface area contributed by atoms with Crippen molar-refractivity contribution in [3.63, 3.8) is 0 Å². The lowest BCUT2D eigenvalue weighted by molar-refractivity contribution is -0.137. The number of aromatic nitrogens is 1. The summed E-state index contributed by atoms with van der Waals surface area (Å²) in [5.41, 5.74) is 0.740. The zero-order valence-electron chi connectivity index (χ0n) is 18.9. The molecular formula is C25H22ClF3N2O2S. The first kappa shape index (κ1) is 25.6. The van der Waals surface area contributed by atoms with Crippen LogP contribution < -0.4 is 0 Å². The van der Waals surface area contributed by atoms with E-state index in [1.54, 1.807) is 38.1 Å². The first-order valence-corrected chi connectivity index (χ1v) is 12.2. The number of rotatable bonds is 5. The maximum atomic E-state index is 13.7. The lowest BCUT2D eigenvalue weighted by atomic mass is 10.1. The number of benzene rings is 2. The molecule has 0 spiro atoms. The number of nitriles is 1. The largest absolute Gasteiger partial charge is 0.418 e. The van der Waals surface area contributed by atoms with Gasteiger partial charge in [-0.3, -0.25) is 0 Å². The van der Waals surface area contributed by atoms with E-state index < -0.39 is 26.5 Å². The van der Waals surface area contributed by atoms with E-state index in [0.717, 1.165) is 6.07 Å². The Morgan fingerprint density at radius 2 is 1.76 bits per heavy atom. The van der Waals surface area contributed by atoms with E-state index in [4.69, 9.17) is 11.6 Å². The van der Waals surface area contributed by atoms with Crippen molar-refractivity contribution in [2.75, 3.05) is 0 Å². The quantitative estimate of drug-likeness (QED) is 0.343. The SMILES string of the molecule is Cc1cccc(Cl)c1S(=O)(=O)/C(C#N)=C/c1cc(C(C)C)n(-c2ccccc2C(F)(F)F)c1C. The number of para-hydroxylation sites is 1. The molecule has 0 N–H and O–H groups in total. The van der Waals surface area contributed by atoms with Crippen molar-refractivity contribution in [3.8, 4) is 11.8 Å². The third-order valence-corrected chi connectivity index (χ3v) is 7.77. The average Bonchev–Trinajstić information content (AvgIpc) is 3.07. The Balaban J connectivity index is 2.29. The lowest BCUT2D eigenvalue weighted by Crippen LogP contribution is -2.13. The van der Waals surface area contributed by atoms with Crippen LogP contribution in [0.4, 0.5) is 13.2 Å². The lowest BCUT2D eigenvalue weighted by Gasteiger charge is -2.19. The van der Waals surface area contributed by atoms with E-state index in [2.05, 4.69) is 0 Å². The van der Waals surface area contributed by atoms with Crippen molar-refractivity contribution in [1.82, 2.24) is 4.57 Å². The number of allylic oxidation sites excluding steroid dienone is 1. The zero-order valence-corrected chi connectivity index (χ0v) is 20.5. The third kappa shape index (κ3) is 4.63. The van der Waals surface area contributed by atoms with E-state index in [1.165, 1.54) is 34.9 Å². The summed E-state index contributed by atoms with van der Waals surface area (Å²) in [6, 6.07) is 13.1. The molecule has 0 aliphatic heterocycles. The summed E-state index contributed by atoms with van der Waals surface area (Å²) in [7, 11) is -4.27. The third-order valence-electron chi connectivity index (χ3n) is 5.48. The molecule has 9 heteroatoms. The van der Waals surface area contributed by atoms with E-state index in [0.29, 0.717) is 22.5 Å². The van der Waals surface area contributed by atoms with Crippen LogP contribution in [0.15, 0.2) is 58.3 Å². The zero-order chi connectivity index (χ0) is 25.4. The Morgan fingerprint density at radius 1 is 1.12 bits per heavy atom. The van der Waals surface area contributed by atoms with Crippen LogP contribution >= 0.6 is 11.6 Å². The minimum absolute atomic E-state index is 0.0163. The molecule has 1 aromatic heterocycles. The summed E-state index contributed by atoms with van der Waals surface area (Å²) in [4.78, 5) is -0.726. The number of sulfone groups is 1. The van der Waals surface area contributed by atoms with Crippen molar-refractivity contribution in [2.45, 2.75) is 44.7 Å². The van der Waals surface area contributed by atoms with Gasteiger partial charge in [-0.2, -0.15) is 18.4 Å². The summed E-state index contributed by atoms with van der Waals surface area (Å²) in [6.45, 7) is 6.81. The molecule has 0 bridgehead atoms. The molecule has 0 unspecified atom stereocenters. The van der Waals surface area contributed by atoms with Gasteiger partial charge in [0.1, 0.15) is 11.0 Å². The van der Waals surface area contributed by atoms with Gasteiger partial charge in [-0.05, 0) is 61.2 Å². The van der Waals surface area contributed by atoms with Crippen LogP contribution in [0, 0.1) is 25.2 Å². The van der Waals surface area contributed by atoms with Crippen LogP contribution in [0.5, 0.6) is 0 Å². The fourth-order valence-electron chi connectivity index (χ4n) is 3.83. The molecule has 0 radical (unpaired) electrons. The topological polar surface area (TPSA) is 62.9 Å². The van der Waals surface area contributed by atoms with Crippen molar-refractivity contribution in [3.05, 3.63) is 86.5 Å². The van der Waals surface area contributed by atoms with E-state index in [9.17, 15) is 26.9 Å². The van der Waals surface area contributed by atoms with Crippen LogP contribution in [-0.4, -0.2) is 13.0 Å². The molecule has 0 aliphatic carbocycles. The molecule has 1 heterocycles. The van der Waals surface area contributed by atoms with Gasteiger partial charge in [0.25, 0.3) is 0 Å². The standard InChI is InChI=1S/C25H22ClF3N2O2S/c1-15(2)23-13-18(17(4)31(23)22-11-6-5-9-20(22)25(27,28)29)12-19(14-30)34(32,33)24-16(3)8-7-10-21(24)26/h5-13,15H,1-4H3/b19-12+. The minimum atomic E-state index is -4.58. The van der Waals surface area contributed by atoms with Crippen molar-refractivity contribution in [2.24, 2.45) is 0 Å². The van der Waals surface area contributed by atoms with E-state index >= 15 is 0 Å². The van der Waals surface area contributed by atoms with Gasteiger partial charge in [-0.25, -0.2) is 8.42 Å². The molecule has 3 aromatic rings. The summed E-state index contributed by atoms with van der Waals surface area (Å²) >= 11 is 6.13. The van der Waals surface area contributed by atoms with Crippen LogP contribution in [-0.2, 0) is 16.0 Å². The van der Waals surface area contributed by atoms with Crippen LogP contribution in [0.3, 0.4) is 0 Å². The van der Waals surface area contributed by atoms with Gasteiger partial charge in [0.15, 0.2) is 0 Å². The Morgan fingerprint density at radius 3 is 2.32 bits per heavy atom. The van der Waals surface area contributed by atoms with Crippen LogP contribution in [0.2, 0.25) is 5.02 Å². The van der Waals surface area contributed by atoms with Crippen LogP contribution in [0.25, 0.3) is 11.8 Å². The maximum Gasteiger partial charge on any atom is 0.418 e. The van der Waals surface area contributed by atoms with Gasteiger partial charge >= 0.3 is 6.18 Å². The van der Waals surface area contributed by atoms with Gasteiger partial charge in [0.05, 0.1) is 21.2 Å². The highest BCUT2D eigenvalue weighted by Crippen LogP contribution is 2.38. The molecule has 4 nitrogen and oxygen atoms in total. The number of hydrogen-bond acceptors (Lipinski definition) is 3.